The Kier molecular flexibility index (Phi) is 8.09. The minimum atomic E-state index is -0.0754. The van der Waals surface area contributed by atoms with Gasteiger partial charge in [-0.2, -0.15) is 0 Å². The molecule has 1 fully saturated rings. The Morgan fingerprint density at radius 1 is 1.06 bits per heavy atom. The Bertz CT molecular complexity index is 886. The fraction of sp³-hybridized carbons (Fsp3) is 0.435. The Balaban J connectivity index is 1.59. The summed E-state index contributed by atoms with van der Waals surface area (Å²) >= 11 is 0. The van der Waals surface area contributed by atoms with E-state index in [4.69, 9.17) is 9.41 Å². The molecule has 1 aromatic carbocycles. The molecule has 0 spiro atoms. The lowest BCUT2D eigenvalue weighted by atomic mass is 10.2. The van der Waals surface area contributed by atoms with E-state index in [-0.39, 0.29) is 11.8 Å². The zero-order valence-corrected chi connectivity index (χ0v) is 18.3. The van der Waals surface area contributed by atoms with E-state index in [0.29, 0.717) is 44.9 Å². The Hall–Kier alpha value is -3.29. The number of nitrogens with zero attached hydrogens (tertiary/aromatic N) is 3. The Morgan fingerprint density at radius 3 is 2.52 bits per heavy atom. The molecule has 0 aliphatic carbocycles. The number of rotatable bonds is 7. The molecule has 8 nitrogen and oxygen atoms in total. The number of anilines is 1. The molecule has 2 N–H and O–H groups in total. The summed E-state index contributed by atoms with van der Waals surface area (Å²) in [4.78, 5) is 33.1. The van der Waals surface area contributed by atoms with Crippen LogP contribution >= 0.6 is 0 Å². The van der Waals surface area contributed by atoms with E-state index >= 15 is 0 Å². The lowest BCUT2D eigenvalue weighted by Crippen LogP contribution is -2.53. The summed E-state index contributed by atoms with van der Waals surface area (Å²) in [5.74, 6) is 1.15. The van der Waals surface area contributed by atoms with E-state index in [1.54, 1.807) is 17.0 Å². The van der Waals surface area contributed by atoms with Crippen LogP contribution in [0.1, 0.15) is 42.8 Å². The lowest BCUT2D eigenvalue weighted by molar-refractivity contribution is -0.116. The third-order valence-corrected chi connectivity index (χ3v) is 5.03. The van der Waals surface area contributed by atoms with Crippen molar-refractivity contribution < 1.29 is 14.0 Å². The quantitative estimate of drug-likeness (QED) is 0.526. The SMILES string of the molecule is CCCC(=O)Nc1cccc(CN=C(NCC)N2CCN(C(=O)c3ccco3)CC2)c1. The molecule has 1 aliphatic heterocycles. The molecule has 166 valence electrons. The summed E-state index contributed by atoms with van der Waals surface area (Å²) in [5, 5.41) is 6.27. The molecule has 0 radical (unpaired) electrons. The fourth-order valence-corrected chi connectivity index (χ4v) is 3.47. The number of amides is 2. The van der Waals surface area contributed by atoms with Crippen molar-refractivity contribution in [2.75, 3.05) is 38.0 Å². The van der Waals surface area contributed by atoms with Gasteiger partial charge >= 0.3 is 0 Å². The number of hydrogen-bond donors (Lipinski definition) is 2. The van der Waals surface area contributed by atoms with Crippen LogP contribution in [0.25, 0.3) is 0 Å². The second kappa shape index (κ2) is 11.2. The first kappa shape index (κ1) is 22.4. The first-order valence-corrected chi connectivity index (χ1v) is 10.9. The summed E-state index contributed by atoms with van der Waals surface area (Å²) in [6.07, 6.45) is 2.85. The number of benzene rings is 1. The van der Waals surface area contributed by atoms with Crippen molar-refractivity contribution in [2.24, 2.45) is 4.99 Å². The average molecular weight is 426 g/mol. The Morgan fingerprint density at radius 2 is 1.84 bits per heavy atom. The topological polar surface area (TPSA) is 90.2 Å². The second-order valence-electron chi connectivity index (χ2n) is 7.43. The number of hydrogen-bond acceptors (Lipinski definition) is 4. The van der Waals surface area contributed by atoms with E-state index in [1.807, 2.05) is 38.1 Å². The molecule has 2 heterocycles. The van der Waals surface area contributed by atoms with Crippen LogP contribution < -0.4 is 10.6 Å². The monoisotopic (exact) mass is 425 g/mol. The van der Waals surface area contributed by atoms with Gasteiger partial charge in [-0.05, 0) is 43.2 Å². The van der Waals surface area contributed by atoms with Crippen molar-refractivity contribution in [1.29, 1.82) is 0 Å². The first-order valence-electron chi connectivity index (χ1n) is 10.9. The van der Waals surface area contributed by atoms with Crippen molar-refractivity contribution in [1.82, 2.24) is 15.1 Å². The maximum absolute atomic E-state index is 12.5. The van der Waals surface area contributed by atoms with Gasteiger partial charge in [0.25, 0.3) is 5.91 Å². The molecule has 31 heavy (non-hydrogen) atoms. The molecular weight excluding hydrogens is 394 g/mol. The molecule has 2 amide bonds. The van der Waals surface area contributed by atoms with Crippen molar-refractivity contribution in [3.8, 4) is 0 Å². The molecule has 0 unspecified atom stereocenters. The van der Waals surface area contributed by atoms with Gasteiger partial charge < -0.3 is 24.9 Å². The maximum atomic E-state index is 12.5. The summed E-state index contributed by atoms with van der Waals surface area (Å²) in [6, 6.07) is 11.2. The lowest BCUT2D eigenvalue weighted by Gasteiger charge is -2.36. The average Bonchev–Trinajstić information content (AvgIpc) is 3.32. The summed E-state index contributed by atoms with van der Waals surface area (Å²) < 4.78 is 5.23. The highest BCUT2D eigenvalue weighted by Crippen LogP contribution is 2.13. The maximum Gasteiger partial charge on any atom is 0.289 e. The van der Waals surface area contributed by atoms with Gasteiger partial charge in [0.1, 0.15) is 0 Å². The molecule has 1 aliphatic rings. The summed E-state index contributed by atoms with van der Waals surface area (Å²) in [6.45, 7) is 7.92. The number of carbonyl (C=O) groups is 2. The molecule has 1 aromatic heterocycles. The van der Waals surface area contributed by atoms with Crippen LogP contribution in [0.15, 0.2) is 52.1 Å². The molecule has 8 heteroatoms. The van der Waals surface area contributed by atoms with Crippen LogP contribution in [0.5, 0.6) is 0 Å². The van der Waals surface area contributed by atoms with Gasteiger partial charge in [-0.1, -0.05) is 19.1 Å². The molecule has 0 bridgehead atoms. The molecule has 2 aromatic rings. The van der Waals surface area contributed by atoms with Crippen molar-refractivity contribution >= 4 is 23.5 Å². The van der Waals surface area contributed by atoms with Gasteiger partial charge in [-0.3, -0.25) is 9.59 Å². The largest absolute Gasteiger partial charge is 0.459 e. The number of furan rings is 1. The molecule has 0 atom stereocenters. The Labute approximate surface area is 183 Å². The zero-order valence-electron chi connectivity index (χ0n) is 18.3. The van der Waals surface area contributed by atoms with Crippen molar-refractivity contribution in [3.63, 3.8) is 0 Å². The highest BCUT2D eigenvalue weighted by molar-refractivity contribution is 5.92. The van der Waals surface area contributed by atoms with Crippen molar-refractivity contribution in [2.45, 2.75) is 33.2 Å². The number of guanidine groups is 1. The van der Waals surface area contributed by atoms with Gasteiger partial charge in [0.05, 0.1) is 12.8 Å². The van der Waals surface area contributed by atoms with Crippen LogP contribution in [0.3, 0.4) is 0 Å². The predicted octanol–water partition coefficient (Wildman–Crippen LogP) is 2.94. The first-order chi connectivity index (χ1) is 15.1. The van der Waals surface area contributed by atoms with Gasteiger partial charge in [-0.25, -0.2) is 4.99 Å². The highest BCUT2D eigenvalue weighted by atomic mass is 16.3. The summed E-state index contributed by atoms with van der Waals surface area (Å²) in [5.41, 5.74) is 1.82. The van der Waals surface area contributed by atoms with Crippen LogP contribution in [0.2, 0.25) is 0 Å². The summed E-state index contributed by atoms with van der Waals surface area (Å²) in [7, 11) is 0. The molecular formula is C23H31N5O3. The van der Waals surface area contributed by atoms with Gasteiger partial charge in [0, 0.05) is 44.8 Å². The van der Waals surface area contributed by atoms with Crippen LogP contribution in [-0.4, -0.2) is 60.3 Å². The van der Waals surface area contributed by atoms with E-state index in [9.17, 15) is 9.59 Å². The molecule has 1 saturated heterocycles. The normalized spacial score (nSPS) is 14.5. The number of aliphatic imine (C=N–C) groups is 1. The van der Waals surface area contributed by atoms with E-state index < -0.39 is 0 Å². The zero-order chi connectivity index (χ0) is 22.1. The minimum Gasteiger partial charge on any atom is -0.459 e. The van der Waals surface area contributed by atoms with Gasteiger partial charge in [0.2, 0.25) is 5.91 Å². The predicted molar refractivity (Wildman–Crippen MR) is 121 cm³/mol. The molecule has 0 saturated carbocycles. The number of piperazine rings is 1. The van der Waals surface area contributed by atoms with Crippen LogP contribution in [-0.2, 0) is 11.3 Å². The van der Waals surface area contributed by atoms with Crippen LogP contribution in [0, 0.1) is 0 Å². The van der Waals surface area contributed by atoms with Gasteiger partial charge in [0.15, 0.2) is 11.7 Å². The van der Waals surface area contributed by atoms with Crippen molar-refractivity contribution in [3.05, 3.63) is 54.0 Å². The highest BCUT2D eigenvalue weighted by Gasteiger charge is 2.25. The van der Waals surface area contributed by atoms with E-state index in [2.05, 4.69) is 15.5 Å². The van der Waals surface area contributed by atoms with E-state index in [1.165, 1.54) is 6.26 Å². The smallest absolute Gasteiger partial charge is 0.289 e. The third kappa shape index (κ3) is 6.34. The number of carbonyl (C=O) groups excluding carboxylic acids is 2. The standard InChI is InChI=1S/C23H31N5O3/c1-3-7-21(29)26-19-9-5-8-18(16-19)17-25-23(24-4-2)28-13-11-27(12-14-28)22(30)20-10-6-15-31-20/h5-6,8-10,15-16H,3-4,7,11-14,17H2,1-2H3,(H,24,25)(H,26,29). The number of nitrogens with one attached hydrogen (secondary N) is 2. The van der Waals surface area contributed by atoms with Crippen LogP contribution in [0.4, 0.5) is 5.69 Å². The second-order valence-corrected chi connectivity index (χ2v) is 7.43. The molecule has 3 rings (SSSR count). The fourth-order valence-electron chi connectivity index (χ4n) is 3.47. The third-order valence-electron chi connectivity index (χ3n) is 5.03. The van der Waals surface area contributed by atoms with Gasteiger partial charge in [-0.15, -0.1) is 0 Å². The van der Waals surface area contributed by atoms with E-state index in [0.717, 1.165) is 30.2 Å². The minimum absolute atomic E-state index is 0.0263.